The molecule has 1 N–H and O–H groups in total. The summed E-state index contributed by atoms with van der Waals surface area (Å²) < 4.78 is 5.61. The van der Waals surface area contributed by atoms with E-state index in [-0.39, 0.29) is 12.0 Å². The van der Waals surface area contributed by atoms with E-state index in [0.29, 0.717) is 18.9 Å². The molecule has 1 aliphatic rings. The van der Waals surface area contributed by atoms with Crippen molar-refractivity contribution < 1.29 is 9.53 Å². The molecule has 3 nitrogen and oxygen atoms in total. The molecular formula is C13H16BrNO2. The first-order valence-corrected chi connectivity index (χ1v) is 6.91. The maximum Gasteiger partial charge on any atom is 0.261 e. The topological polar surface area (TPSA) is 38.3 Å². The van der Waals surface area contributed by atoms with E-state index >= 15 is 0 Å². The number of alkyl halides is 1. The zero-order valence-electron chi connectivity index (χ0n) is 9.78. The Kier molecular flexibility index (Phi) is 4.05. The first kappa shape index (κ1) is 12.4. The molecule has 92 valence electrons. The smallest absolute Gasteiger partial charge is 0.261 e. The van der Waals surface area contributed by atoms with Crippen LogP contribution in [0.25, 0.3) is 0 Å². The molecule has 1 heterocycles. The van der Waals surface area contributed by atoms with Crippen LogP contribution in [-0.4, -0.2) is 23.9 Å². The second kappa shape index (κ2) is 5.54. The predicted octanol–water partition coefficient (Wildman–Crippen LogP) is 2.14. The van der Waals surface area contributed by atoms with E-state index in [1.54, 1.807) is 0 Å². The number of para-hydroxylation sites is 1. The van der Waals surface area contributed by atoms with Gasteiger partial charge in [0.25, 0.3) is 5.91 Å². The largest absolute Gasteiger partial charge is 0.480 e. The summed E-state index contributed by atoms with van der Waals surface area (Å²) in [5, 5.41) is 3.80. The highest BCUT2D eigenvalue weighted by Crippen LogP contribution is 2.28. The molecule has 1 aliphatic heterocycles. The van der Waals surface area contributed by atoms with Gasteiger partial charge in [-0.1, -0.05) is 41.1 Å². The number of hydrogen-bond acceptors (Lipinski definition) is 2. The average molecular weight is 298 g/mol. The van der Waals surface area contributed by atoms with Crippen molar-refractivity contribution in [1.82, 2.24) is 5.32 Å². The first-order valence-electron chi connectivity index (χ1n) is 5.79. The van der Waals surface area contributed by atoms with Crippen molar-refractivity contribution in [2.75, 3.05) is 11.9 Å². The standard InChI is InChI=1S/C13H16BrNO2/c1-9(7-14)8-15-13(16)12-6-10-4-2-3-5-11(10)17-12/h2-5,9,12H,6-8H2,1H3,(H,15,16). The fraction of sp³-hybridized carbons (Fsp3) is 0.462. The van der Waals surface area contributed by atoms with Gasteiger partial charge in [0, 0.05) is 18.3 Å². The van der Waals surface area contributed by atoms with Gasteiger partial charge in [-0.15, -0.1) is 0 Å². The monoisotopic (exact) mass is 297 g/mol. The fourth-order valence-corrected chi connectivity index (χ4v) is 2.00. The van der Waals surface area contributed by atoms with Crippen molar-refractivity contribution >= 4 is 21.8 Å². The van der Waals surface area contributed by atoms with Gasteiger partial charge in [0.2, 0.25) is 0 Å². The Labute approximate surface area is 110 Å². The van der Waals surface area contributed by atoms with E-state index in [9.17, 15) is 4.79 Å². The van der Waals surface area contributed by atoms with Crippen molar-refractivity contribution in [3.63, 3.8) is 0 Å². The lowest BCUT2D eigenvalue weighted by molar-refractivity contribution is -0.127. The Hall–Kier alpha value is -1.03. The first-order chi connectivity index (χ1) is 8.20. The molecule has 0 aliphatic carbocycles. The van der Waals surface area contributed by atoms with Gasteiger partial charge in [-0.25, -0.2) is 0 Å². The number of amides is 1. The van der Waals surface area contributed by atoms with Gasteiger partial charge < -0.3 is 10.1 Å². The summed E-state index contributed by atoms with van der Waals surface area (Å²) in [7, 11) is 0. The number of carbonyl (C=O) groups is 1. The Balaban J connectivity index is 1.88. The number of carbonyl (C=O) groups excluding carboxylic acids is 1. The highest BCUT2D eigenvalue weighted by Gasteiger charge is 2.28. The summed E-state index contributed by atoms with van der Waals surface area (Å²) in [6, 6.07) is 7.80. The van der Waals surface area contributed by atoms with Crippen LogP contribution in [0.15, 0.2) is 24.3 Å². The Bertz CT molecular complexity index is 383. The lowest BCUT2D eigenvalue weighted by Gasteiger charge is -2.13. The molecule has 2 atom stereocenters. The zero-order chi connectivity index (χ0) is 12.3. The van der Waals surface area contributed by atoms with Crippen LogP contribution in [0.5, 0.6) is 5.75 Å². The van der Waals surface area contributed by atoms with E-state index in [0.717, 1.165) is 16.6 Å². The minimum absolute atomic E-state index is 0.0194. The molecule has 2 rings (SSSR count). The summed E-state index contributed by atoms with van der Waals surface area (Å²) in [4.78, 5) is 11.9. The number of benzene rings is 1. The van der Waals surface area contributed by atoms with Crippen LogP contribution < -0.4 is 10.1 Å². The van der Waals surface area contributed by atoms with E-state index in [1.807, 2.05) is 24.3 Å². The van der Waals surface area contributed by atoms with E-state index in [1.165, 1.54) is 0 Å². The van der Waals surface area contributed by atoms with Crippen molar-refractivity contribution in [2.45, 2.75) is 19.4 Å². The minimum Gasteiger partial charge on any atom is -0.480 e. The SMILES string of the molecule is CC(CBr)CNC(=O)C1Cc2ccccc2O1. The van der Waals surface area contributed by atoms with Crippen LogP contribution in [0.3, 0.4) is 0 Å². The third-order valence-electron chi connectivity index (χ3n) is 2.83. The molecule has 0 radical (unpaired) electrons. The summed E-state index contributed by atoms with van der Waals surface area (Å²) in [6.07, 6.45) is 0.306. The number of nitrogens with one attached hydrogen (secondary N) is 1. The molecular weight excluding hydrogens is 282 g/mol. The van der Waals surface area contributed by atoms with E-state index in [2.05, 4.69) is 28.2 Å². The predicted molar refractivity (Wildman–Crippen MR) is 70.5 cm³/mol. The molecule has 2 unspecified atom stereocenters. The summed E-state index contributed by atoms with van der Waals surface area (Å²) in [6.45, 7) is 2.76. The van der Waals surface area contributed by atoms with Crippen LogP contribution in [0.1, 0.15) is 12.5 Å². The third kappa shape index (κ3) is 3.00. The Morgan fingerprint density at radius 1 is 1.59 bits per heavy atom. The molecule has 17 heavy (non-hydrogen) atoms. The number of fused-ring (bicyclic) bond motifs is 1. The molecule has 0 saturated heterocycles. The summed E-state index contributed by atoms with van der Waals surface area (Å²) in [5.74, 6) is 1.25. The van der Waals surface area contributed by atoms with Crippen molar-refractivity contribution in [3.8, 4) is 5.75 Å². The third-order valence-corrected chi connectivity index (χ3v) is 3.93. The van der Waals surface area contributed by atoms with Crippen LogP contribution in [0.2, 0.25) is 0 Å². The van der Waals surface area contributed by atoms with Crippen LogP contribution in [0, 0.1) is 5.92 Å². The highest BCUT2D eigenvalue weighted by molar-refractivity contribution is 9.09. The van der Waals surface area contributed by atoms with Gasteiger partial charge in [-0.2, -0.15) is 0 Å². The molecule has 0 saturated carbocycles. The van der Waals surface area contributed by atoms with Crippen LogP contribution in [-0.2, 0) is 11.2 Å². The number of hydrogen-bond donors (Lipinski definition) is 1. The average Bonchev–Trinajstić information content (AvgIpc) is 2.79. The molecule has 0 bridgehead atoms. The molecule has 1 aromatic rings. The molecule has 1 aromatic carbocycles. The lowest BCUT2D eigenvalue weighted by Crippen LogP contribution is -2.39. The van der Waals surface area contributed by atoms with Crippen molar-refractivity contribution in [3.05, 3.63) is 29.8 Å². The normalized spacial score (nSPS) is 19.3. The number of ether oxygens (including phenoxy) is 1. The summed E-state index contributed by atoms with van der Waals surface area (Å²) in [5.41, 5.74) is 1.11. The quantitative estimate of drug-likeness (QED) is 0.865. The van der Waals surface area contributed by atoms with Crippen LogP contribution in [0.4, 0.5) is 0 Å². The lowest BCUT2D eigenvalue weighted by atomic mass is 10.1. The molecule has 0 aromatic heterocycles. The zero-order valence-corrected chi connectivity index (χ0v) is 11.4. The van der Waals surface area contributed by atoms with Gasteiger partial charge in [0.05, 0.1) is 0 Å². The Morgan fingerprint density at radius 3 is 3.06 bits per heavy atom. The van der Waals surface area contributed by atoms with Crippen molar-refractivity contribution in [1.29, 1.82) is 0 Å². The van der Waals surface area contributed by atoms with Gasteiger partial charge in [-0.3, -0.25) is 4.79 Å². The van der Waals surface area contributed by atoms with Crippen molar-refractivity contribution in [2.24, 2.45) is 5.92 Å². The van der Waals surface area contributed by atoms with Crippen LogP contribution >= 0.6 is 15.9 Å². The van der Waals surface area contributed by atoms with E-state index in [4.69, 9.17) is 4.74 Å². The summed E-state index contributed by atoms with van der Waals surface area (Å²) >= 11 is 3.39. The van der Waals surface area contributed by atoms with E-state index < -0.39 is 0 Å². The highest BCUT2D eigenvalue weighted by atomic mass is 79.9. The second-order valence-corrected chi connectivity index (χ2v) is 5.07. The molecule has 1 amide bonds. The van der Waals surface area contributed by atoms with Gasteiger partial charge >= 0.3 is 0 Å². The van der Waals surface area contributed by atoms with Gasteiger partial charge in [-0.05, 0) is 17.5 Å². The fourth-order valence-electron chi connectivity index (χ4n) is 1.77. The maximum absolute atomic E-state index is 11.9. The number of rotatable bonds is 4. The number of halogens is 1. The van der Waals surface area contributed by atoms with Gasteiger partial charge in [0.1, 0.15) is 5.75 Å². The second-order valence-electron chi connectivity index (χ2n) is 4.42. The Morgan fingerprint density at radius 2 is 2.35 bits per heavy atom. The maximum atomic E-state index is 11.9. The van der Waals surface area contributed by atoms with Gasteiger partial charge in [0.15, 0.2) is 6.10 Å². The minimum atomic E-state index is -0.366. The molecule has 0 spiro atoms. The molecule has 0 fully saturated rings. The molecule has 4 heteroatoms.